The number of piperazine rings is 1. The normalized spacial score (nSPS) is 15.0. The van der Waals surface area contributed by atoms with Gasteiger partial charge < -0.3 is 20.4 Å². The van der Waals surface area contributed by atoms with Gasteiger partial charge in [0.2, 0.25) is 0 Å². The Morgan fingerprint density at radius 3 is 2.71 bits per heavy atom. The minimum absolute atomic E-state index is 0. The summed E-state index contributed by atoms with van der Waals surface area (Å²) >= 11 is 0. The number of anilines is 1. The second-order valence-electron chi connectivity index (χ2n) is 7.37. The Balaban J connectivity index is 0.00000272. The first-order valence-electron chi connectivity index (χ1n) is 10.4. The summed E-state index contributed by atoms with van der Waals surface area (Å²) in [5.74, 6) is 2.63. The molecule has 0 saturated carbocycles. The van der Waals surface area contributed by atoms with Crippen LogP contribution in [-0.4, -0.2) is 70.2 Å². The lowest BCUT2D eigenvalue weighted by Gasteiger charge is -2.34. The number of guanidine groups is 1. The number of rotatable bonds is 6. The van der Waals surface area contributed by atoms with E-state index in [1.807, 2.05) is 41.1 Å². The van der Waals surface area contributed by atoms with Crippen LogP contribution in [0.25, 0.3) is 5.65 Å². The summed E-state index contributed by atoms with van der Waals surface area (Å²) in [5, 5.41) is 15.1. The van der Waals surface area contributed by atoms with Gasteiger partial charge in [0.15, 0.2) is 17.4 Å². The fourth-order valence-electron chi connectivity index (χ4n) is 3.54. The smallest absolute Gasteiger partial charge is 0.191 e. The maximum atomic E-state index is 4.79. The zero-order chi connectivity index (χ0) is 20.8. The van der Waals surface area contributed by atoms with Crippen molar-refractivity contribution < 1.29 is 0 Å². The molecule has 4 rings (SSSR count). The molecule has 3 aromatic rings. The van der Waals surface area contributed by atoms with E-state index in [-0.39, 0.29) is 24.0 Å². The van der Waals surface area contributed by atoms with Gasteiger partial charge in [-0.1, -0.05) is 12.1 Å². The zero-order valence-corrected chi connectivity index (χ0v) is 20.4. The van der Waals surface area contributed by atoms with E-state index in [0.29, 0.717) is 13.1 Å². The zero-order valence-electron chi connectivity index (χ0n) is 18.0. The Morgan fingerprint density at radius 1 is 1.06 bits per heavy atom. The van der Waals surface area contributed by atoms with Crippen LogP contribution in [0, 0.1) is 0 Å². The number of hydrogen-bond acceptors (Lipinski definition) is 6. The molecule has 0 spiro atoms. The standard InChI is InChI=1S/C21H29N9.HI/c1-3-22-21(25-16-19-27-26-18-8-4-5-10-30(18)19)24-15-17-7-6-9-23-20(17)29-13-11-28(2)12-14-29;/h4-10H,3,11-16H2,1-2H3,(H2,22,24,25);1H. The Labute approximate surface area is 200 Å². The van der Waals surface area contributed by atoms with Crippen molar-refractivity contribution in [2.24, 2.45) is 4.99 Å². The topological polar surface area (TPSA) is 86.0 Å². The van der Waals surface area contributed by atoms with E-state index in [1.165, 1.54) is 0 Å². The van der Waals surface area contributed by atoms with Crippen LogP contribution in [0.15, 0.2) is 47.7 Å². The van der Waals surface area contributed by atoms with Crippen LogP contribution < -0.4 is 15.5 Å². The van der Waals surface area contributed by atoms with E-state index in [4.69, 9.17) is 4.99 Å². The van der Waals surface area contributed by atoms with Crippen molar-refractivity contribution in [3.63, 3.8) is 0 Å². The lowest BCUT2D eigenvalue weighted by Crippen LogP contribution is -2.45. The predicted octanol–water partition coefficient (Wildman–Crippen LogP) is 1.75. The molecule has 0 bridgehead atoms. The molecular formula is C21H30IN9. The average molecular weight is 535 g/mol. The summed E-state index contributed by atoms with van der Waals surface area (Å²) in [6.07, 6.45) is 3.83. The Morgan fingerprint density at radius 2 is 1.90 bits per heavy atom. The van der Waals surface area contributed by atoms with Gasteiger partial charge in [-0.15, -0.1) is 34.2 Å². The summed E-state index contributed by atoms with van der Waals surface area (Å²) in [4.78, 5) is 14.1. The number of aromatic nitrogens is 4. The Bertz CT molecular complexity index is 995. The maximum absolute atomic E-state index is 4.79. The number of aliphatic imine (C=N–C) groups is 1. The Kier molecular flexibility index (Phi) is 8.41. The molecule has 0 aromatic carbocycles. The number of nitrogens with zero attached hydrogens (tertiary/aromatic N) is 7. The van der Waals surface area contributed by atoms with E-state index < -0.39 is 0 Å². The first-order valence-corrected chi connectivity index (χ1v) is 10.4. The molecule has 0 aliphatic carbocycles. The highest BCUT2D eigenvalue weighted by Crippen LogP contribution is 2.19. The third-order valence-corrected chi connectivity index (χ3v) is 5.22. The van der Waals surface area contributed by atoms with Crippen molar-refractivity contribution in [1.29, 1.82) is 0 Å². The monoisotopic (exact) mass is 535 g/mol. The largest absolute Gasteiger partial charge is 0.357 e. The van der Waals surface area contributed by atoms with Crippen molar-refractivity contribution in [3.05, 3.63) is 54.1 Å². The molecule has 166 valence electrons. The number of nitrogens with one attached hydrogen (secondary N) is 2. The Hall–Kier alpha value is -2.47. The molecule has 1 fully saturated rings. The summed E-state index contributed by atoms with van der Waals surface area (Å²) in [6.45, 7) is 8.02. The number of pyridine rings is 2. The molecular weight excluding hydrogens is 505 g/mol. The van der Waals surface area contributed by atoms with Crippen LogP contribution in [0.2, 0.25) is 0 Å². The van der Waals surface area contributed by atoms with Crippen LogP contribution >= 0.6 is 24.0 Å². The number of fused-ring (bicyclic) bond motifs is 1. The molecule has 0 unspecified atom stereocenters. The molecule has 4 heterocycles. The molecule has 0 radical (unpaired) electrons. The molecule has 1 aliphatic rings. The minimum Gasteiger partial charge on any atom is -0.357 e. The third kappa shape index (κ3) is 5.82. The van der Waals surface area contributed by atoms with Crippen LogP contribution in [0.5, 0.6) is 0 Å². The van der Waals surface area contributed by atoms with Crippen molar-refractivity contribution in [2.45, 2.75) is 20.0 Å². The van der Waals surface area contributed by atoms with Crippen molar-refractivity contribution in [3.8, 4) is 0 Å². The minimum atomic E-state index is 0. The molecule has 1 aliphatic heterocycles. The quantitative estimate of drug-likeness (QED) is 0.283. The summed E-state index contributed by atoms with van der Waals surface area (Å²) in [6, 6.07) is 9.96. The molecule has 9 nitrogen and oxygen atoms in total. The van der Waals surface area contributed by atoms with E-state index in [0.717, 1.165) is 61.5 Å². The van der Waals surface area contributed by atoms with Gasteiger partial charge in [-0.05, 0) is 32.2 Å². The highest BCUT2D eigenvalue weighted by Gasteiger charge is 2.17. The van der Waals surface area contributed by atoms with Crippen molar-refractivity contribution >= 4 is 41.4 Å². The van der Waals surface area contributed by atoms with Gasteiger partial charge in [0.05, 0.1) is 13.1 Å². The van der Waals surface area contributed by atoms with Gasteiger partial charge in [0, 0.05) is 50.7 Å². The van der Waals surface area contributed by atoms with Crippen molar-refractivity contribution in [2.75, 3.05) is 44.7 Å². The molecule has 10 heteroatoms. The predicted molar refractivity (Wildman–Crippen MR) is 134 cm³/mol. The molecule has 2 N–H and O–H groups in total. The van der Waals surface area contributed by atoms with Gasteiger partial charge >= 0.3 is 0 Å². The first-order chi connectivity index (χ1) is 14.7. The molecule has 0 atom stereocenters. The van der Waals surface area contributed by atoms with Gasteiger partial charge in [0.25, 0.3) is 0 Å². The molecule has 0 amide bonds. The maximum Gasteiger partial charge on any atom is 0.191 e. The molecule has 31 heavy (non-hydrogen) atoms. The highest BCUT2D eigenvalue weighted by molar-refractivity contribution is 14.0. The number of halogens is 1. The first kappa shape index (κ1) is 23.2. The van der Waals surface area contributed by atoms with E-state index in [1.54, 1.807) is 0 Å². The lowest BCUT2D eigenvalue weighted by molar-refractivity contribution is 0.312. The van der Waals surface area contributed by atoms with E-state index >= 15 is 0 Å². The van der Waals surface area contributed by atoms with Crippen LogP contribution in [0.1, 0.15) is 18.3 Å². The van der Waals surface area contributed by atoms with Crippen LogP contribution in [-0.2, 0) is 13.1 Å². The lowest BCUT2D eigenvalue weighted by atomic mass is 10.2. The fourth-order valence-corrected chi connectivity index (χ4v) is 3.54. The summed E-state index contributed by atoms with van der Waals surface area (Å²) < 4.78 is 1.98. The van der Waals surface area contributed by atoms with Gasteiger partial charge in [-0.2, -0.15) is 0 Å². The fraction of sp³-hybridized carbons (Fsp3) is 0.429. The number of hydrogen-bond donors (Lipinski definition) is 2. The number of likely N-dealkylation sites (N-methyl/N-ethyl adjacent to an activating group) is 1. The SMILES string of the molecule is CCNC(=NCc1cccnc1N1CCN(C)CC1)NCc1nnc2ccccn12.I. The average Bonchev–Trinajstić information content (AvgIpc) is 3.20. The molecule has 1 saturated heterocycles. The second-order valence-corrected chi connectivity index (χ2v) is 7.37. The van der Waals surface area contributed by atoms with Crippen LogP contribution in [0.3, 0.4) is 0 Å². The van der Waals surface area contributed by atoms with Gasteiger partial charge in [0.1, 0.15) is 5.82 Å². The van der Waals surface area contributed by atoms with Crippen molar-refractivity contribution in [1.82, 2.24) is 35.1 Å². The van der Waals surface area contributed by atoms with E-state index in [9.17, 15) is 0 Å². The van der Waals surface area contributed by atoms with Crippen LogP contribution in [0.4, 0.5) is 5.82 Å². The van der Waals surface area contributed by atoms with Gasteiger partial charge in [-0.3, -0.25) is 4.40 Å². The summed E-state index contributed by atoms with van der Waals surface area (Å²) in [5.41, 5.74) is 1.97. The van der Waals surface area contributed by atoms with Gasteiger partial charge in [-0.25, -0.2) is 9.98 Å². The third-order valence-electron chi connectivity index (χ3n) is 5.22. The highest BCUT2D eigenvalue weighted by atomic mass is 127. The molecule has 3 aromatic heterocycles. The summed E-state index contributed by atoms with van der Waals surface area (Å²) in [7, 11) is 2.16. The van der Waals surface area contributed by atoms with E-state index in [2.05, 4.69) is 55.7 Å². The second kappa shape index (κ2) is 11.2.